The van der Waals surface area contributed by atoms with Crippen LogP contribution in [0.2, 0.25) is 0 Å². The monoisotopic (exact) mass is 448 g/mol. The van der Waals surface area contributed by atoms with E-state index in [9.17, 15) is 35.1 Å². The van der Waals surface area contributed by atoms with Crippen molar-refractivity contribution in [2.24, 2.45) is 0 Å². The molecule has 0 bridgehead atoms. The molecule has 1 aromatic heterocycles. The number of carbonyl (C=O) groups excluding carboxylic acids is 1. The third-order valence-electron chi connectivity index (χ3n) is 4.97. The van der Waals surface area contributed by atoms with Crippen LogP contribution in [0.15, 0.2) is 33.5 Å². The van der Waals surface area contributed by atoms with Gasteiger partial charge in [-0.2, -0.15) is 0 Å². The molecule has 0 radical (unpaired) electrons. The molecule has 1 aliphatic heterocycles. The van der Waals surface area contributed by atoms with E-state index in [2.05, 4.69) is 0 Å². The molecule has 0 aliphatic carbocycles. The first-order valence-electron chi connectivity index (χ1n) is 9.04. The maximum atomic E-state index is 11.9. The van der Waals surface area contributed by atoms with Gasteiger partial charge in [0.05, 0.1) is 12.7 Å². The van der Waals surface area contributed by atoms with E-state index in [0.717, 1.165) is 0 Å². The SMILES string of the molecule is Cc1cc(=O)oc2cc(O[C@@]3(C(=O)[O-])C[C@H](O)[C@@H](O)[C@H]([C@H](O)[C@H](O)CO)O3)ccc12.[Na+]. The molecule has 5 N–H and O–H groups in total. The molecule has 164 valence electrons. The molecular weight excluding hydrogens is 427 g/mol. The molecule has 2 heterocycles. The number of benzene rings is 1. The standard InChI is InChI=1S/C19H22O11.Na/c1-8-4-14(23)28-13-5-9(2-3-10(8)13)29-19(18(26)27)6-11(21)15(24)17(30-19)16(25)12(22)7-20;/h2-5,11-12,15-17,20-22,24-25H,6-7H2,1H3,(H,26,27);/q;+1/p-1/t11-,12+,15+,16+,17+,19-;/m0./s1. The van der Waals surface area contributed by atoms with Crippen LogP contribution in [-0.4, -0.2) is 74.4 Å². The number of carboxylic acid groups (broad SMARTS) is 1. The van der Waals surface area contributed by atoms with Gasteiger partial charge in [-0.1, -0.05) is 0 Å². The maximum Gasteiger partial charge on any atom is 1.00 e. The number of aryl methyl sites for hydroxylation is 1. The Kier molecular flexibility index (Phi) is 8.25. The van der Waals surface area contributed by atoms with Crippen LogP contribution in [-0.2, 0) is 9.53 Å². The van der Waals surface area contributed by atoms with Gasteiger partial charge in [0, 0.05) is 23.9 Å². The van der Waals surface area contributed by atoms with Gasteiger partial charge in [0.25, 0.3) is 5.79 Å². The summed E-state index contributed by atoms with van der Waals surface area (Å²) in [5, 5.41) is 61.4. The number of rotatable bonds is 6. The van der Waals surface area contributed by atoms with Crippen LogP contribution < -0.4 is 45.0 Å². The zero-order valence-corrected chi connectivity index (χ0v) is 18.8. The van der Waals surface area contributed by atoms with Crippen LogP contribution in [0.4, 0.5) is 0 Å². The van der Waals surface area contributed by atoms with Crippen molar-refractivity contribution in [3.05, 3.63) is 40.2 Å². The van der Waals surface area contributed by atoms with E-state index < -0.39 is 60.9 Å². The van der Waals surface area contributed by atoms with E-state index in [0.29, 0.717) is 10.9 Å². The van der Waals surface area contributed by atoms with Gasteiger partial charge in [-0.3, -0.25) is 0 Å². The summed E-state index contributed by atoms with van der Waals surface area (Å²) < 4.78 is 15.8. The summed E-state index contributed by atoms with van der Waals surface area (Å²) in [6.45, 7) is 0.773. The zero-order chi connectivity index (χ0) is 22.2. The van der Waals surface area contributed by atoms with E-state index in [1.165, 1.54) is 24.3 Å². The molecule has 2 aromatic rings. The first-order valence-corrected chi connectivity index (χ1v) is 9.04. The minimum Gasteiger partial charge on any atom is -0.543 e. The molecule has 12 heteroatoms. The van der Waals surface area contributed by atoms with E-state index in [1.54, 1.807) is 6.92 Å². The smallest absolute Gasteiger partial charge is 0.543 e. The Balaban J connectivity index is 0.00000341. The average molecular weight is 448 g/mol. The Hall–Kier alpha value is -1.54. The zero-order valence-electron chi connectivity index (χ0n) is 16.8. The minimum absolute atomic E-state index is 0. The predicted octanol–water partition coefficient (Wildman–Crippen LogP) is -5.84. The second kappa shape index (κ2) is 9.94. The van der Waals surface area contributed by atoms with Gasteiger partial charge < -0.3 is 49.3 Å². The molecule has 0 saturated carbocycles. The van der Waals surface area contributed by atoms with Crippen LogP contribution >= 0.6 is 0 Å². The van der Waals surface area contributed by atoms with Gasteiger partial charge in [-0.05, 0) is 24.6 Å². The van der Waals surface area contributed by atoms with E-state index in [-0.39, 0.29) is 40.9 Å². The van der Waals surface area contributed by atoms with Crippen molar-refractivity contribution in [2.45, 2.75) is 49.7 Å². The van der Waals surface area contributed by atoms with Gasteiger partial charge >= 0.3 is 35.2 Å². The van der Waals surface area contributed by atoms with Crippen molar-refractivity contribution in [3.8, 4) is 5.75 Å². The fraction of sp³-hybridized carbons (Fsp3) is 0.474. The largest absolute Gasteiger partial charge is 1.00 e. The second-order valence-corrected chi connectivity index (χ2v) is 7.13. The van der Waals surface area contributed by atoms with Crippen molar-refractivity contribution >= 4 is 16.9 Å². The summed E-state index contributed by atoms with van der Waals surface area (Å²) in [7, 11) is 0. The minimum atomic E-state index is -2.66. The summed E-state index contributed by atoms with van der Waals surface area (Å²) in [5.41, 5.74) is 0.103. The number of carbonyl (C=O) groups is 1. The molecule has 1 saturated heterocycles. The van der Waals surface area contributed by atoms with Crippen molar-refractivity contribution < 1.29 is 78.9 Å². The van der Waals surface area contributed by atoms with E-state index in [1.807, 2.05) is 0 Å². The molecule has 6 atom stereocenters. The molecule has 0 spiro atoms. The van der Waals surface area contributed by atoms with Crippen LogP contribution in [0.3, 0.4) is 0 Å². The normalized spacial score (nSPS) is 27.9. The summed E-state index contributed by atoms with van der Waals surface area (Å²) in [4.78, 5) is 23.5. The second-order valence-electron chi connectivity index (χ2n) is 7.13. The van der Waals surface area contributed by atoms with Gasteiger partial charge in [0.1, 0.15) is 41.7 Å². The fourth-order valence-electron chi connectivity index (χ4n) is 3.35. The molecule has 1 aromatic carbocycles. The molecule has 11 nitrogen and oxygen atoms in total. The fourth-order valence-corrected chi connectivity index (χ4v) is 3.35. The third-order valence-corrected chi connectivity index (χ3v) is 4.97. The molecule has 0 unspecified atom stereocenters. The molecule has 1 fully saturated rings. The number of hydrogen-bond acceptors (Lipinski definition) is 11. The van der Waals surface area contributed by atoms with Crippen LogP contribution in [0.1, 0.15) is 12.0 Å². The molecule has 0 amide bonds. The Bertz CT molecular complexity index is 992. The van der Waals surface area contributed by atoms with Crippen LogP contribution in [0.25, 0.3) is 11.0 Å². The number of carboxylic acids is 1. The maximum absolute atomic E-state index is 11.9. The number of hydrogen-bond donors (Lipinski definition) is 5. The summed E-state index contributed by atoms with van der Waals surface area (Å²) in [5.74, 6) is -4.70. The number of aliphatic carboxylic acids is 1. The molecular formula is C19H21NaO11. The van der Waals surface area contributed by atoms with Crippen molar-refractivity contribution in [3.63, 3.8) is 0 Å². The molecule has 31 heavy (non-hydrogen) atoms. The van der Waals surface area contributed by atoms with Gasteiger partial charge in [0.2, 0.25) is 0 Å². The van der Waals surface area contributed by atoms with Crippen molar-refractivity contribution in [1.82, 2.24) is 0 Å². The van der Waals surface area contributed by atoms with Crippen molar-refractivity contribution in [2.75, 3.05) is 6.61 Å². The van der Waals surface area contributed by atoms with Crippen molar-refractivity contribution in [1.29, 1.82) is 0 Å². The Labute approximate surface area is 197 Å². The quantitative estimate of drug-likeness (QED) is 0.209. The van der Waals surface area contributed by atoms with E-state index >= 15 is 0 Å². The van der Waals surface area contributed by atoms with Gasteiger partial charge in [0.15, 0.2) is 0 Å². The number of aliphatic hydroxyl groups excluding tert-OH is 5. The molecule has 3 rings (SSSR count). The number of aliphatic hydroxyl groups is 5. The first-order chi connectivity index (χ1) is 14.1. The summed E-state index contributed by atoms with van der Waals surface area (Å²) in [6.07, 6.45) is -9.84. The Morgan fingerprint density at radius 3 is 2.61 bits per heavy atom. The Morgan fingerprint density at radius 1 is 1.32 bits per heavy atom. The summed E-state index contributed by atoms with van der Waals surface area (Å²) in [6, 6.07) is 5.41. The third kappa shape index (κ3) is 5.11. The van der Waals surface area contributed by atoms with E-state index in [4.69, 9.17) is 19.0 Å². The topological polar surface area (TPSA) is 190 Å². The summed E-state index contributed by atoms with van der Waals surface area (Å²) >= 11 is 0. The number of fused-ring (bicyclic) bond motifs is 1. The number of ether oxygens (including phenoxy) is 2. The van der Waals surface area contributed by atoms with Gasteiger partial charge in [-0.25, -0.2) is 4.79 Å². The molecule has 1 aliphatic rings. The average Bonchev–Trinajstić information content (AvgIpc) is 2.68. The van der Waals surface area contributed by atoms with Crippen LogP contribution in [0, 0.1) is 6.92 Å². The predicted molar refractivity (Wildman–Crippen MR) is 96.2 cm³/mol. The first kappa shape index (κ1) is 25.7. The van der Waals surface area contributed by atoms with Crippen LogP contribution in [0.5, 0.6) is 5.75 Å². The Morgan fingerprint density at radius 2 is 2.00 bits per heavy atom. The van der Waals surface area contributed by atoms with Gasteiger partial charge in [-0.15, -0.1) is 0 Å².